The summed E-state index contributed by atoms with van der Waals surface area (Å²) >= 11 is -0.661. The van der Waals surface area contributed by atoms with Crippen LogP contribution in [0.4, 0.5) is 10.2 Å². The molecule has 11 heteroatoms. The Bertz CT molecular complexity index is 1940. The molecule has 48 heavy (non-hydrogen) atoms. The quantitative estimate of drug-likeness (QED) is 0.213. The molecule has 1 aromatic heterocycles. The van der Waals surface area contributed by atoms with Crippen LogP contribution in [-0.4, -0.2) is 80.3 Å². The van der Waals surface area contributed by atoms with Crippen LogP contribution < -0.4 is 9.64 Å². The Hall–Kier alpha value is -3.70. The van der Waals surface area contributed by atoms with Gasteiger partial charge < -0.3 is 29.3 Å². The Kier molecular flexibility index (Phi) is 9.47. The number of β-amino-alcohol motifs (C(OH)–C–C–N with tert-alkyl or cyclic N) is 1. The number of ether oxygens (including phenoxy) is 3. The van der Waals surface area contributed by atoms with Gasteiger partial charge in [-0.2, -0.15) is 15.2 Å². The van der Waals surface area contributed by atoms with Gasteiger partial charge in [0.2, 0.25) is 0 Å². The third-order valence-corrected chi connectivity index (χ3v) is 11.4. The van der Waals surface area contributed by atoms with E-state index in [2.05, 4.69) is 24.2 Å². The van der Waals surface area contributed by atoms with E-state index in [0.717, 1.165) is 31.0 Å². The Morgan fingerprint density at radius 3 is 2.67 bits per heavy atom. The molecular weight excluding hydrogens is 726 g/mol. The van der Waals surface area contributed by atoms with E-state index < -0.39 is 31.7 Å². The zero-order chi connectivity index (χ0) is 34.4. The second-order valence-corrected chi connectivity index (χ2v) is 15.1. The van der Waals surface area contributed by atoms with Gasteiger partial charge >= 0.3 is 6.01 Å². The molecule has 0 amide bonds. The van der Waals surface area contributed by atoms with Gasteiger partial charge in [-0.25, -0.2) is 4.39 Å². The average Bonchev–Trinajstić information content (AvgIpc) is 3.45. The molecular formula is C37H40FIN4O5. The highest BCUT2D eigenvalue weighted by atomic mass is 127. The number of aromatic hydroxyl groups is 1. The summed E-state index contributed by atoms with van der Waals surface area (Å²) in [6, 6.07) is 8.91. The molecule has 3 aromatic rings. The molecule has 0 saturated carbocycles. The number of alkyl halides is 1. The number of aliphatic hydroxyl groups is 1. The predicted molar refractivity (Wildman–Crippen MR) is 195 cm³/mol. The molecule has 9 nitrogen and oxygen atoms in total. The van der Waals surface area contributed by atoms with Gasteiger partial charge in [0.05, 0.1) is 43.7 Å². The van der Waals surface area contributed by atoms with Gasteiger partial charge in [-0.1, -0.05) is 26.1 Å². The minimum atomic E-state index is -1.15. The van der Waals surface area contributed by atoms with Crippen molar-refractivity contribution in [1.29, 1.82) is 5.26 Å². The molecule has 2 fully saturated rings. The molecule has 252 valence electrons. The highest BCUT2D eigenvalue weighted by molar-refractivity contribution is 14.2. The Morgan fingerprint density at radius 1 is 1.23 bits per heavy atom. The van der Waals surface area contributed by atoms with Crippen LogP contribution in [0.15, 0.2) is 43.0 Å². The first-order valence-electron chi connectivity index (χ1n) is 15.9. The lowest BCUT2D eigenvalue weighted by molar-refractivity contribution is -0.0123. The van der Waals surface area contributed by atoms with Crippen LogP contribution in [0.5, 0.6) is 11.8 Å². The maximum absolute atomic E-state index is 15.4. The number of aryl methyl sites for hydroxylation is 1. The molecule has 3 aliphatic rings. The summed E-state index contributed by atoms with van der Waals surface area (Å²) in [4.78, 5) is 14.0. The maximum atomic E-state index is 15.4. The lowest BCUT2D eigenvalue weighted by Crippen LogP contribution is -2.42. The molecule has 3 heterocycles. The molecule has 0 spiro atoms. The van der Waals surface area contributed by atoms with Gasteiger partial charge in [0.25, 0.3) is 0 Å². The van der Waals surface area contributed by atoms with Gasteiger partial charge in [0, 0.05) is 27.8 Å². The van der Waals surface area contributed by atoms with Crippen molar-refractivity contribution in [3.8, 4) is 17.8 Å². The number of rotatable bonds is 7. The van der Waals surface area contributed by atoms with Crippen LogP contribution in [0.25, 0.3) is 27.5 Å². The molecule has 0 bridgehead atoms. The first-order chi connectivity index (χ1) is 22.9. The zero-order valence-corrected chi connectivity index (χ0v) is 29.9. The van der Waals surface area contributed by atoms with Gasteiger partial charge in [-0.3, -0.25) is 0 Å². The van der Waals surface area contributed by atoms with Gasteiger partial charge in [-0.15, -0.1) is 20.7 Å². The minimum Gasteiger partial charge on any atom is -0.508 e. The normalized spacial score (nSPS) is 23.9. The van der Waals surface area contributed by atoms with E-state index in [1.807, 2.05) is 18.7 Å². The molecule has 2 N–H and O–H groups in total. The highest BCUT2D eigenvalue weighted by Gasteiger charge is 2.39. The first-order valence-corrected chi connectivity index (χ1v) is 19.2. The fraction of sp³-hybridized carbons (Fsp3) is 0.405. The Balaban J connectivity index is 1.67. The fourth-order valence-electron chi connectivity index (χ4n) is 6.82. The minimum absolute atomic E-state index is 0.0383. The zero-order valence-electron chi connectivity index (χ0n) is 27.8. The van der Waals surface area contributed by atoms with Crippen molar-refractivity contribution in [3.05, 3.63) is 71.2 Å². The summed E-state index contributed by atoms with van der Waals surface area (Å²) in [5, 5.41) is 33.6. The van der Waals surface area contributed by atoms with Crippen molar-refractivity contribution >= 4 is 57.5 Å². The van der Waals surface area contributed by atoms with E-state index in [4.69, 9.17) is 24.2 Å². The number of allylic oxidation sites excluding steroid dienone is 4. The molecule has 1 aliphatic carbocycles. The third kappa shape index (κ3) is 6.15. The molecule has 2 unspecified atom stereocenters. The van der Waals surface area contributed by atoms with Crippen LogP contribution in [0.2, 0.25) is 0 Å². The average molecular weight is 767 g/mol. The largest absolute Gasteiger partial charge is 0.508 e. The maximum Gasteiger partial charge on any atom is 0.319 e. The molecule has 6 rings (SSSR count). The van der Waals surface area contributed by atoms with E-state index in [1.54, 1.807) is 25.1 Å². The summed E-state index contributed by atoms with van der Waals surface area (Å²) < 4.78 is 33.9. The van der Waals surface area contributed by atoms with Crippen molar-refractivity contribution in [2.75, 3.05) is 56.0 Å². The monoisotopic (exact) mass is 766 g/mol. The number of anilines is 1. The van der Waals surface area contributed by atoms with E-state index in [9.17, 15) is 15.5 Å². The lowest BCUT2D eigenvalue weighted by Gasteiger charge is -2.34. The van der Waals surface area contributed by atoms with E-state index in [0.29, 0.717) is 66.4 Å². The summed E-state index contributed by atoms with van der Waals surface area (Å²) in [5.74, 6) is 0.285. The van der Waals surface area contributed by atoms with Gasteiger partial charge in [-0.05, 0) is 82.9 Å². The molecule has 2 aromatic carbocycles. The van der Waals surface area contributed by atoms with Crippen molar-refractivity contribution in [2.24, 2.45) is 5.41 Å². The van der Waals surface area contributed by atoms with Gasteiger partial charge in [0.1, 0.15) is 35.0 Å². The second kappa shape index (κ2) is 13.3. The second-order valence-electron chi connectivity index (χ2n) is 13.0. The number of phenols is 1. The van der Waals surface area contributed by atoms with Crippen molar-refractivity contribution in [3.63, 3.8) is 0 Å². The molecule has 0 radical (unpaired) electrons. The number of aromatic nitrogens is 2. The number of hydrogen-bond acceptors (Lipinski definition) is 9. The van der Waals surface area contributed by atoms with E-state index >= 15 is 4.39 Å². The van der Waals surface area contributed by atoms with Crippen LogP contribution in [0.3, 0.4) is 0 Å². The Labute approximate surface area is 290 Å². The predicted octanol–water partition coefficient (Wildman–Crippen LogP) is 6.22. The number of halogens is 2. The van der Waals surface area contributed by atoms with Crippen molar-refractivity contribution < 1.29 is 28.8 Å². The Morgan fingerprint density at radius 2 is 2.00 bits per heavy atom. The lowest BCUT2D eigenvalue weighted by atomic mass is 9.78. The number of nitrogens with zero attached hydrogens (tertiary/aromatic N) is 4. The standard InChI is InChI=1S/C37H40FIN4O5/c1-7-25-27(38)9-8-23-14-24(44)15-26(30(23)25)31-28(21(2)3)33-29(22(4)32(31)39-6)34(43-11-13-47-18-36(5,45)17-43)42-35(41-33)48-20-37(16-40)10-12-46-19-37/h8-9,14-15,44-45H,2,4,7,10-13,17-20H2,1,3,5-6H3. The number of nitriles is 1. The SMILES string of the molecule is C=C(C)C1=C(c2cc(O)cc3ccc(F)c(CC)c23)C(=IC)C(=C)c2c1nc(OCC1(C#N)CCOC1)nc2N1CCOCC(C)(O)C1. The van der Waals surface area contributed by atoms with Crippen molar-refractivity contribution in [2.45, 2.75) is 39.2 Å². The first kappa shape index (κ1) is 34.2. The number of phenolic OH excluding ortho intramolecular Hbond substituents is 1. The van der Waals surface area contributed by atoms with Crippen LogP contribution in [0, 0.1) is 22.6 Å². The number of benzene rings is 2. The number of hydrogen-bond donors (Lipinski definition) is 2. The summed E-state index contributed by atoms with van der Waals surface area (Å²) in [6.07, 6.45) is 0.987. The van der Waals surface area contributed by atoms with Crippen molar-refractivity contribution in [1.82, 2.24) is 9.97 Å². The highest BCUT2D eigenvalue weighted by Crippen LogP contribution is 2.49. The smallest absolute Gasteiger partial charge is 0.319 e. The van der Waals surface area contributed by atoms with Crippen LogP contribution in [0.1, 0.15) is 49.6 Å². The topological polar surface area (TPSA) is 121 Å². The third-order valence-electron chi connectivity index (χ3n) is 9.10. The fourth-order valence-corrected chi connectivity index (χ4v) is 8.84. The van der Waals surface area contributed by atoms with Gasteiger partial charge in [0.15, 0.2) is 0 Å². The summed E-state index contributed by atoms with van der Waals surface area (Å²) in [7, 11) is 0. The summed E-state index contributed by atoms with van der Waals surface area (Å²) in [5.41, 5.74) is 3.45. The van der Waals surface area contributed by atoms with Crippen LogP contribution >= 0.6 is 20.7 Å². The van der Waals surface area contributed by atoms with E-state index in [-0.39, 0.29) is 43.9 Å². The molecule has 2 aliphatic heterocycles. The van der Waals surface area contributed by atoms with Crippen LogP contribution in [-0.2, 0) is 15.9 Å². The van der Waals surface area contributed by atoms with E-state index in [1.165, 1.54) is 6.07 Å². The number of fused-ring (bicyclic) bond motifs is 2. The molecule has 2 saturated heterocycles. The molecule has 2 atom stereocenters. The summed E-state index contributed by atoms with van der Waals surface area (Å²) in [6.45, 7) is 16.6.